The Hall–Kier alpha value is -1.91. The summed E-state index contributed by atoms with van der Waals surface area (Å²) in [6.45, 7) is 1.96. The molecule has 0 aliphatic heterocycles. The molecule has 2 aromatic rings. The summed E-state index contributed by atoms with van der Waals surface area (Å²) in [6.07, 6.45) is 2.24. The number of nitrogens with zero attached hydrogens (tertiary/aromatic N) is 3. The molecule has 2 rings (SSSR count). The lowest BCUT2D eigenvalue weighted by Gasteiger charge is -1.96. The van der Waals surface area contributed by atoms with E-state index in [4.69, 9.17) is 5.11 Å². The Balaban J connectivity index is 2.73. The number of carboxylic acids is 1. The highest BCUT2D eigenvalue weighted by atomic mass is 16.4. The first-order valence-corrected chi connectivity index (χ1v) is 4.29. The molecule has 0 aliphatic rings. The first kappa shape index (κ1) is 8.68. The molecule has 5 nitrogen and oxygen atoms in total. The predicted molar refractivity (Wildman–Crippen MR) is 49.3 cm³/mol. The van der Waals surface area contributed by atoms with Gasteiger partial charge in [-0.25, -0.2) is 14.3 Å². The van der Waals surface area contributed by atoms with Crippen LogP contribution in [0.3, 0.4) is 0 Å². The van der Waals surface area contributed by atoms with Gasteiger partial charge in [0.05, 0.1) is 5.69 Å². The zero-order valence-corrected chi connectivity index (χ0v) is 7.64. The third-order valence-electron chi connectivity index (χ3n) is 1.99. The topological polar surface area (TPSA) is 67.5 Å². The minimum atomic E-state index is -0.997. The summed E-state index contributed by atoms with van der Waals surface area (Å²) in [5, 5.41) is 13.0. The number of hydrogen-bond donors (Lipinski definition) is 1. The minimum absolute atomic E-state index is 0.134. The lowest BCUT2D eigenvalue weighted by molar-refractivity contribution is 0.0687. The number of hydrogen-bond acceptors (Lipinski definition) is 3. The average Bonchev–Trinajstić information content (AvgIpc) is 2.59. The highest BCUT2D eigenvalue weighted by Crippen LogP contribution is 2.07. The van der Waals surface area contributed by atoms with Crippen molar-refractivity contribution in [3.05, 3.63) is 29.7 Å². The van der Waals surface area contributed by atoms with Gasteiger partial charge in [-0.2, -0.15) is 5.10 Å². The largest absolute Gasteiger partial charge is 0.477 e. The third kappa shape index (κ3) is 1.22. The van der Waals surface area contributed by atoms with E-state index in [1.807, 2.05) is 6.92 Å². The second-order valence-corrected chi connectivity index (χ2v) is 2.89. The summed E-state index contributed by atoms with van der Waals surface area (Å²) in [5.41, 5.74) is 1.54. The van der Waals surface area contributed by atoms with Gasteiger partial charge in [-0.15, -0.1) is 0 Å². The van der Waals surface area contributed by atoms with Crippen molar-refractivity contribution in [3.63, 3.8) is 0 Å². The molecule has 0 spiro atoms. The van der Waals surface area contributed by atoms with Crippen LogP contribution in [0.1, 0.15) is 23.1 Å². The lowest BCUT2D eigenvalue weighted by atomic mass is 10.3. The van der Waals surface area contributed by atoms with Crippen LogP contribution in [0.4, 0.5) is 0 Å². The molecule has 0 aliphatic carbocycles. The van der Waals surface area contributed by atoms with Crippen molar-refractivity contribution in [3.8, 4) is 0 Å². The van der Waals surface area contributed by atoms with Crippen LogP contribution in [-0.4, -0.2) is 25.7 Å². The van der Waals surface area contributed by atoms with Crippen molar-refractivity contribution in [2.75, 3.05) is 0 Å². The molecular weight excluding hydrogens is 182 g/mol. The van der Waals surface area contributed by atoms with Gasteiger partial charge in [-0.05, 0) is 12.5 Å². The summed E-state index contributed by atoms with van der Waals surface area (Å²) in [7, 11) is 0. The minimum Gasteiger partial charge on any atom is -0.477 e. The van der Waals surface area contributed by atoms with E-state index in [2.05, 4.69) is 10.1 Å². The quantitative estimate of drug-likeness (QED) is 0.768. The second kappa shape index (κ2) is 3.10. The van der Waals surface area contributed by atoms with E-state index in [1.165, 1.54) is 16.8 Å². The predicted octanol–water partition coefficient (Wildman–Crippen LogP) is 0.990. The average molecular weight is 191 g/mol. The van der Waals surface area contributed by atoms with Gasteiger partial charge in [-0.3, -0.25) is 0 Å². The van der Waals surface area contributed by atoms with Gasteiger partial charge in [0.2, 0.25) is 0 Å². The van der Waals surface area contributed by atoms with Crippen molar-refractivity contribution >= 4 is 11.6 Å². The summed E-state index contributed by atoms with van der Waals surface area (Å²) in [6, 6.07) is 3.22. The number of aryl methyl sites for hydroxylation is 1. The standard InChI is InChI=1S/C9H9N3O2/c1-2-6-5-8-10-4-3-7(9(13)14)12(8)11-6/h3-5H,2H2,1H3,(H,13,14). The van der Waals surface area contributed by atoms with Gasteiger partial charge in [0, 0.05) is 12.3 Å². The molecule has 2 heterocycles. The molecule has 2 aromatic heterocycles. The normalized spacial score (nSPS) is 10.6. The number of carbonyl (C=O) groups is 1. The monoisotopic (exact) mass is 191 g/mol. The van der Waals surface area contributed by atoms with Crippen molar-refractivity contribution in [1.29, 1.82) is 0 Å². The molecule has 0 aromatic carbocycles. The van der Waals surface area contributed by atoms with Crippen LogP contribution in [0.2, 0.25) is 0 Å². The molecule has 0 saturated heterocycles. The molecule has 14 heavy (non-hydrogen) atoms. The van der Waals surface area contributed by atoms with Gasteiger partial charge in [-0.1, -0.05) is 6.92 Å². The van der Waals surface area contributed by atoms with Gasteiger partial charge in [0.1, 0.15) is 0 Å². The van der Waals surface area contributed by atoms with Crippen LogP contribution in [0.25, 0.3) is 5.65 Å². The highest BCUT2D eigenvalue weighted by Gasteiger charge is 2.10. The summed E-state index contributed by atoms with van der Waals surface area (Å²) in [5.74, 6) is -0.997. The number of fused-ring (bicyclic) bond motifs is 1. The van der Waals surface area contributed by atoms with Gasteiger partial charge >= 0.3 is 5.97 Å². The Kier molecular flexibility index (Phi) is 1.92. The van der Waals surface area contributed by atoms with Gasteiger partial charge in [0.15, 0.2) is 11.3 Å². The van der Waals surface area contributed by atoms with E-state index in [1.54, 1.807) is 6.07 Å². The van der Waals surface area contributed by atoms with Crippen LogP contribution < -0.4 is 0 Å². The molecule has 72 valence electrons. The molecule has 0 amide bonds. The van der Waals surface area contributed by atoms with Crippen molar-refractivity contribution in [2.24, 2.45) is 0 Å². The summed E-state index contributed by atoms with van der Waals surface area (Å²) in [4.78, 5) is 14.9. The molecule has 0 fully saturated rings. The molecule has 5 heteroatoms. The Morgan fingerprint density at radius 2 is 2.43 bits per heavy atom. The molecule has 0 bridgehead atoms. The number of aromatic carboxylic acids is 1. The fraction of sp³-hybridized carbons (Fsp3) is 0.222. The van der Waals surface area contributed by atoms with Gasteiger partial charge < -0.3 is 5.11 Å². The smallest absolute Gasteiger partial charge is 0.354 e. The SMILES string of the molecule is CCc1cc2nccc(C(=O)O)n2n1. The number of carboxylic acid groups (broad SMARTS) is 1. The fourth-order valence-electron chi connectivity index (χ4n) is 1.28. The molecular formula is C9H9N3O2. The van der Waals surface area contributed by atoms with Crippen LogP contribution in [0.5, 0.6) is 0 Å². The summed E-state index contributed by atoms with van der Waals surface area (Å²) < 4.78 is 1.35. The number of aromatic nitrogens is 3. The Morgan fingerprint density at radius 3 is 3.07 bits per heavy atom. The summed E-state index contributed by atoms with van der Waals surface area (Å²) >= 11 is 0. The van der Waals surface area contributed by atoms with Crippen LogP contribution in [0, 0.1) is 0 Å². The molecule has 1 N–H and O–H groups in total. The Bertz CT molecular complexity index is 490. The van der Waals surface area contributed by atoms with Crippen LogP contribution in [0.15, 0.2) is 18.3 Å². The zero-order chi connectivity index (χ0) is 10.1. The van der Waals surface area contributed by atoms with Crippen molar-refractivity contribution in [1.82, 2.24) is 14.6 Å². The van der Waals surface area contributed by atoms with E-state index < -0.39 is 5.97 Å². The maximum atomic E-state index is 10.8. The van der Waals surface area contributed by atoms with E-state index in [0.717, 1.165) is 12.1 Å². The van der Waals surface area contributed by atoms with E-state index in [-0.39, 0.29) is 5.69 Å². The molecule has 0 radical (unpaired) electrons. The van der Waals surface area contributed by atoms with Crippen LogP contribution >= 0.6 is 0 Å². The Morgan fingerprint density at radius 1 is 1.64 bits per heavy atom. The van der Waals surface area contributed by atoms with Crippen molar-refractivity contribution in [2.45, 2.75) is 13.3 Å². The molecule has 0 atom stereocenters. The van der Waals surface area contributed by atoms with Crippen LogP contribution in [-0.2, 0) is 6.42 Å². The highest BCUT2D eigenvalue weighted by molar-refractivity contribution is 5.86. The lowest BCUT2D eigenvalue weighted by Crippen LogP contribution is -2.06. The van der Waals surface area contributed by atoms with E-state index in [0.29, 0.717) is 5.65 Å². The van der Waals surface area contributed by atoms with Crippen molar-refractivity contribution < 1.29 is 9.90 Å². The second-order valence-electron chi connectivity index (χ2n) is 2.89. The Labute approximate surface area is 80.0 Å². The molecule has 0 saturated carbocycles. The molecule has 0 unspecified atom stereocenters. The van der Waals surface area contributed by atoms with Gasteiger partial charge in [0.25, 0.3) is 0 Å². The first-order valence-electron chi connectivity index (χ1n) is 4.29. The fourth-order valence-corrected chi connectivity index (χ4v) is 1.28. The maximum Gasteiger partial charge on any atom is 0.354 e. The maximum absolute atomic E-state index is 10.8. The first-order chi connectivity index (χ1) is 6.72. The van der Waals surface area contributed by atoms with E-state index >= 15 is 0 Å². The zero-order valence-electron chi connectivity index (χ0n) is 7.64. The number of rotatable bonds is 2. The third-order valence-corrected chi connectivity index (χ3v) is 1.99. The van der Waals surface area contributed by atoms with E-state index in [9.17, 15) is 4.79 Å².